The van der Waals surface area contributed by atoms with Gasteiger partial charge in [-0.25, -0.2) is 0 Å². The number of hydrogen-bond donors (Lipinski definition) is 1. The summed E-state index contributed by atoms with van der Waals surface area (Å²) < 4.78 is 0. The second-order valence-electron chi connectivity index (χ2n) is 6.94. The Hall–Kier alpha value is -0.910. The van der Waals surface area contributed by atoms with Crippen molar-refractivity contribution in [3.63, 3.8) is 0 Å². The van der Waals surface area contributed by atoms with Gasteiger partial charge in [0.1, 0.15) is 6.04 Å². The molecule has 1 unspecified atom stereocenters. The number of piperazine rings is 1. The van der Waals surface area contributed by atoms with Crippen LogP contribution < -0.4 is 5.32 Å². The van der Waals surface area contributed by atoms with Crippen molar-refractivity contribution in [2.24, 2.45) is 0 Å². The molecule has 1 atom stereocenters. The van der Waals surface area contributed by atoms with Gasteiger partial charge in [0.15, 0.2) is 0 Å². The average Bonchev–Trinajstić information content (AvgIpc) is 2.87. The summed E-state index contributed by atoms with van der Waals surface area (Å²) in [4.78, 5) is 19.1. The van der Waals surface area contributed by atoms with Gasteiger partial charge in [-0.05, 0) is 17.5 Å². The Morgan fingerprint density at radius 3 is 2.71 bits per heavy atom. The minimum absolute atomic E-state index is 0.0473. The summed E-state index contributed by atoms with van der Waals surface area (Å²) in [7, 11) is 3.66. The molecule has 1 aromatic rings. The van der Waals surface area contributed by atoms with Gasteiger partial charge in [0.2, 0.25) is 5.91 Å². The second-order valence-corrected chi connectivity index (χ2v) is 8.11. The Morgan fingerprint density at radius 1 is 1.43 bits per heavy atom. The lowest BCUT2D eigenvalue weighted by molar-refractivity contribution is -0.135. The van der Waals surface area contributed by atoms with E-state index in [0.717, 1.165) is 26.2 Å². The van der Waals surface area contributed by atoms with E-state index in [9.17, 15) is 4.79 Å². The van der Waals surface area contributed by atoms with E-state index in [2.05, 4.69) is 43.1 Å². The number of nitrogens with one attached hydrogen (secondary N) is 1. The highest BCUT2D eigenvalue weighted by Crippen LogP contribution is 2.30. The van der Waals surface area contributed by atoms with Gasteiger partial charge < -0.3 is 10.2 Å². The number of likely N-dealkylation sites (N-methyl/N-ethyl adjacent to an activating group) is 1. The fourth-order valence-corrected chi connectivity index (χ4v) is 3.63. The maximum absolute atomic E-state index is 12.3. The Balaban J connectivity index is 2.09. The Kier molecular flexibility index (Phi) is 5.07. The van der Waals surface area contributed by atoms with Crippen LogP contribution >= 0.6 is 11.3 Å². The molecule has 2 heterocycles. The highest BCUT2D eigenvalue weighted by molar-refractivity contribution is 7.12. The smallest absolute Gasteiger partial charge is 0.240 e. The number of carbonyl (C=O) groups is 1. The standard InChI is InChI=1S/C16H27N3OS/c1-16(2,3)14-7-6-12(21-14)11-19-9-8-17-10-13(19)15(20)18(4)5/h6-7,13,17H,8-11H2,1-5H3. The lowest BCUT2D eigenvalue weighted by Gasteiger charge is -2.36. The van der Waals surface area contributed by atoms with Crippen LogP contribution in [0, 0.1) is 0 Å². The van der Waals surface area contributed by atoms with Crippen LogP contribution in [0.4, 0.5) is 0 Å². The van der Waals surface area contributed by atoms with Gasteiger partial charge in [0.25, 0.3) is 0 Å². The normalized spacial score (nSPS) is 20.5. The van der Waals surface area contributed by atoms with Crippen molar-refractivity contribution in [3.8, 4) is 0 Å². The summed E-state index contributed by atoms with van der Waals surface area (Å²) in [5, 5.41) is 3.33. The molecule has 0 spiro atoms. The summed E-state index contributed by atoms with van der Waals surface area (Å²) in [5.41, 5.74) is 0.200. The second kappa shape index (κ2) is 6.46. The zero-order valence-corrected chi connectivity index (χ0v) is 14.6. The molecule has 21 heavy (non-hydrogen) atoms. The number of thiophene rings is 1. The van der Waals surface area contributed by atoms with Crippen molar-refractivity contribution in [3.05, 3.63) is 21.9 Å². The van der Waals surface area contributed by atoms with Crippen LogP contribution in [0.1, 0.15) is 30.5 Å². The zero-order valence-electron chi connectivity index (χ0n) is 13.8. The van der Waals surface area contributed by atoms with Crippen molar-refractivity contribution >= 4 is 17.2 Å². The molecule has 2 rings (SSSR count). The maximum atomic E-state index is 12.3. The molecular weight excluding hydrogens is 282 g/mol. The van der Waals surface area contributed by atoms with Gasteiger partial charge in [0.05, 0.1) is 0 Å². The van der Waals surface area contributed by atoms with Crippen LogP contribution in [0.25, 0.3) is 0 Å². The molecule has 0 radical (unpaired) electrons. The molecule has 0 aromatic carbocycles. The molecule has 1 aliphatic rings. The van der Waals surface area contributed by atoms with E-state index in [1.165, 1.54) is 9.75 Å². The fourth-order valence-electron chi connectivity index (χ4n) is 2.54. The summed E-state index contributed by atoms with van der Waals surface area (Å²) in [6.07, 6.45) is 0. The lowest BCUT2D eigenvalue weighted by atomic mass is 9.95. The van der Waals surface area contributed by atoms with Gasteiger partial charge in [-0.1, -0.05) is 20.8 Å². The van der Waals surface area contributed by atoms with E-state index in [-0.39, 0.29) is 17.4 Å². The predicted octanol–water partition coefficient (Wildman–Crippen LogP) is 1.91. The third-order valence-electron chi connectivity index (χ3n) is 3.84. The van der Waals surface area contributed by atoms with Crippen LogP contribution in [-0.4, -0.2) is 55.5 Å². The van der Waals surface area contributed by atoms with E-state index in [1.54, 1.807) is 4.90 Å². The summed E-state index contributed by atoms with van der Waals surface area (Å²) >= 11 is 1.87. The number of rotatable bonds is 3. The molecule has 5 heteroatoms. The first kappa shape index (κ1) is 16.5. The summed E-state index contributed by atoms with van der Waals surface area (Å²) in [5.74, 6) is 0.190. The molecule has 0 saturated carbocycles. The fraction of sp³-hybridized carbons (Fsp3) is 0.688. The van der Waals surface area contributed by atoms with E-state index in [1.807, 2.05) is 25.4 Å². The van der Waals surface area contributed by atoms with Crippen LogP contribution in [0.15, 0.2) is 12.1 Å². The Morgan fingerprint density at radius 2 is 2.14 bits per heavy atom. The van der Waals surface area contributed by atoms with E-state index < -0.39 is 0 Å². The van der Waals surface area contributed by atoms with Gasteiger partial charge >= 0.3 is 0 Å². The molecule has 0 bridgehead atoms. The van der Waals surface area contributed by atoms with Crippen LogP contribution in [0.2, 0.25) is 0 Å². The number of carbonyl (C=O) groups excluding carboxylic acids is 1. The van der Waals surface area contributed by atoms with Crippen LogP contribution in [-0.2, 0) is 16.8 Å². The van der Waals surface area contributed by atoms with Crippen molar-refractivity contribution in [2.45, 2.75) is 38.8 Å². The highest BCUT2D eigenvalue weighted by atomic mass is 32.1. The number of nitrogens with zero attached hydrogens (tertiary/aromatic N) is 2. The molecule has 1 N–H and O–H groups in total. The van der Waals surface area contributed by atoms with E-state index >= 15 is 0 Å². The first-order valence-electron chi connectivity index (χ1n) is 7.54. The first-order chi connectivity index (χ1) is 9.79. The largest absolute Gasteiger partial charge is 0.347 e. The molecule has 4 nitrogen and oxygen atoms in total. The minimum atomic E-state index is -0.0473. The van der Waals surface area contributed by atoms with Crippen molar-refractivity contribution in [2.75, 3.05) is 33.7 Å². The van der Waals surface area contributed by atoms with Crippen LogP contribution in [0.3, 0.4) is 0 Å². The third kappa shape index (κ3) is 4.05. The van der Waals surface area contributed by atoms with E-state index in [0.29, 0.717) is 0 Å². The van der Waals surface area contributed by atoms with Crippen molar-refractivity contribution in [1.82, 2.24) is 15.1 Å². The van der Waals surface area contributed by atoms with Gasteiger partial charge in [-0.15, -0.1) is 11.3 Å². The molecule has 1 amide bonds. The lowest BCUT2D eigenvalue weighted by Crippen LogP contribution is -2.57. The first-order valence-corrected chi connectivity index (χ1v) is 8.36. The summed E-state index contributed by atoms with van der Waals surface area (Å²) in [6, 6.07) is 4.39. The van der Waals surface area contributed by atoms with Crippen LogP contribution in [0.5, 0.6) is 0 Å². The van der Waals surface area contributed by atoms with Gasteiger partial charge in [-0.3, -0.25) is 9.69 Å². The minimum Gasteiger partial charge on any atom is -0.347 e. The molecule has 1 aromatic heterocycles. The van der Waals surface area contributed by atoms with E-state index in [4.69, 9.17) is 0 Å². The zero-order chi connectivity index (χ0) is 15.6. The SMILES string of the molecule is CN(C)C(=O)C1CNCCN1Cc1ccc(C(C)(C)C)s1. The predicted molar refractivity (Wildman–Crippen MR) is 88.8 cm³/mol. The maximum Gasteiger partial charge on any atom is 0.240 e. The molecule has 0 aliphatic carbocycles. The Labute approximate surface area is 132 Å². The van der Waals surface area contributed by atoms with Gasteiger partial charge in [-0.2, -0.15) is 0 Å². The Bertz CT molecular complexity index is 490. The molecular formula is C16H27N3OS. The summed E-state index contributed by atoms with van der Waals surface area (Å²) in [6.45, 7) is 10.2. The quantitative estimate of drug-likeness (QED) is 0.926. The molecule has 1 aliphatic heterocycles. The third-order valence-corrected chi connectivity index (χ3v) is 5.34. The van der Waals surface area contributed by atoms with Crippen molar-refractivity contribution < 1.29 is 4.79 Å². The highest BCUT2D eigenvalue weighted by Gasteiger charge is 2.30. The topological polar surface area (TPSA) is 35.6 Å². The number of amides is 1. The molecule has 1 saturated heterocycles. The monoisotopic (exact) mass is 309 g/mol. The van der Waals surface area contributed by atoms with Crippen molar-refractivity contribution in [1.29, 1.82) is 0 Å². The average molecular weight is 309 g/mol. The molecule has 1 fully saturated rings. The van der Waals surface area contributed by atoms with Gasteiger partial charge in [0, 0.05) is 50.0 Å². The molecule has 118 valence electrons. The number of hydrogen-bond acceptors (Lipinski definition) is 4.